The molecule has 0 amide bonds. The zero-order valence-corrected chi connectivity index (χ0v) is 19.9. The SMILES string of the molecule is COC(=O)C1=C(C)[C@@](C)(C/C=C(\C)CC/C=C(\C)CCC(O)C(C)(C)O)C(=O)C=C1O. The molecule has 31 heavy (non-hydrogen) atoms. The summed E-state index contributed by atoms with van der Waals surface area (Å²) in [6, 6.07) is 0. The summed E-state index contributed by atoms with van der Waals surface area (Å²) in [5.41, 5.74) is 0.847. The predicted molar refractivity (Wildman–Crippen MR) is 121 cm³/mol. The largest absolute Gasteiger partial charge is 0.507 e. The molecule has 0 aromatic carbocycles. The molecule has 0 spiro atoms. The number of hydrogen-bond acceptors (Lipinski definition) is 6. The average Bonchev–Trinajstić information content (AvgIpc) is 2.68. The zero-order chi connectivity index (χ0) is 24.0. The Kier molecular flexibility index (Phi) is 9.45. The van der Waals surface area contributed by atoms with Gasteiger partial charge in [0.2, 0.25) is 0 Å². The van der Waals surface area contributed by atoms with Crippen molar-refractivity contribution in [3.05, 3.63) is 46.3 Å². The number of rotatable bonds is 10. The Hall–Kier alpha value is -2.18. The summed E-state index contributed by atoms with van der Waals surface area (Å²) in [6.45, 7) is 10.7. The van der Waals surface area contributed by atoms with Crippen LogP contribution in [0.1, 0.15) is 73.6 Å². The van der Waals surface area contributed by atoms with Crippen LogP contribution in [0.25, 0.3) is 0 Å². The molecule has 6 heteroatoms. The second-order valence-electron chi connectivity index (χ2n) is 9.27. The highest BCUT2D eigenvalue weighted by Gasteiger charge is 2.40. The van der Waals surface area contributed by atoms with Crippen LogP contribution in [0.2, 0.25) is 0 Å². The highest BCUT2D eigenvalue weighted by atomic mass is 16.5. The molecule has 1 rings (SSSR count). The van der Waals surface area contributed by atoms with Crippen molar-refractivity contribution < 1.29 is 29.6 Å². The maximum Gasteiger partial charge on any atom is 0.341 e. The second-order valence-corrected chi connectivity index (χ2v) is 9.27. The molecule has 0 aromatic rings. The Morgan fingerprint density at radius 3 is 2.35 bits per heavy atom. The smallest absolute Gasteiger partial charge is 0.341 e. The molecule has 0 fully saturated rings. The van der Waals surface area contributed by atoms with E-state index in [1.165, 1.54) is 7.11 Å². The number of methoxy groups -OCH3 is 1. The Bertz CT molecular complexity index is 806. The van der Waals surface area contributed by atoms with Gasteiger partial charge < -0.3 is 20.1 Å². The van der Waals surface area contributed by atoms with Crippen LogP contribution in [0.4, 0.5) is 0 Å². The summed E-state index contributed by atoms with van der Waals surface area (Å²) in [5, 5.41) is 29.8. The van der Waals surface area contributed by atoms with Crippen molar-refractivity contribution in [1.82, 2.24) is 0 Å². The van der Waals surface area contributed by atoms with E-state index in [-0.39, 0.29) is 17.1 Å². The molecule has 1 aliphatic rings. The summed E-state index contributed by atoms with van der Waals surface area (Å²) in [4.78, 5) is 24.6. The molecule has 0 saturated heterocycles. The van der Waals surface area contributed by atoms with Gasteiger partial charge in [-0.15, -0.1) is 0 Å². The van der Waals surface area contributed by atoms with Gasteiger partial charge in [-0.1, -0.05) is 23.3 Å². The van der Waals surface area contributed by atoms with Gasteiger partial charge >= 0.3 is 5.97 Å². The molecule has 3 N–H and O–H groups in total. The number of hydrogen-bond donors (Lipinski definition) is 3. The van der Waals surface area contributed by atoms with Crippen molar-refractivity contribution in [1.29, 1.82) is 0 Å². The summed E-state index contributed by atoms with van der Waals surface area (Å²) < 4.78 is 4.75. The Morgan fingerprint density at radius 2 is 1.81 bits per heavy atom. The standard InChI is InChI=1S/C25H38O6/c1-16(11-12-20(27)24(4,5)30)9-8-10-17(2)13-14-25(6)18(3)22(23(29)31-7)19(26)15-21(25)28/h9,13,15,20,26-27,30H,8,10-12,14H2,1-7H3/b16-9+,17-13+/t20?,25-/m1/s1. The number of ether oxygens (including phenoxy) is 1. The number of ketones is 1. The van der Waals surface area contributed by atoms with E-state index in [0.29, 0.717) is 18.4 Å². The van der Waals surface area contributed by atoms with Crippen LogP contribution in [-0.4, -0.2) is 45.9 Å². The van der Waals surface area contributed by atoms with Crippen molar-refractivity contribution in [3.8, 4) is 0 Å². The summed E-state index contributed by atoms with van der Waals surface area (Å²) >= 11 is 0. The van der Waals surface area contributed by atoms with E-state index in [1.54, 1.807) is 27.7 Å². The highest BCUT2D eigenvalue weighted by molar-refractivity contribution is 6.05. The summed E-state index contributed by atoms with van der Waals surface area (Å²) in [5.74, 6) is -1.23. The van der Waals surface area contributed by atoms with Gasteiger partial charge in [-0.25, -0.2) is 4.79 Å². The lowest BCUT2D eigenvalue weighted by Gasteiger charge is -2.32. The van der Waals surface area contributed by atoms with Crippen LogP contribution in [0.3, 0.4) is 0 Å². The van der Waals surface area contributed by atoms with Crippen molar-refractivity contribution in [2.75, 3.05) is 7.11 Å². The third-order valence-electron chi connectivity index (χ3n) is 6.18. The van der Waals surface area contributed by atoms with Gasteiger partial charge in [-0.05, 0) is 79.2 Å². The van der Waals surface area contributed by atoms with Crippen LogP contribution in [0, 0.1) is 5.41 Å². The summed E-state index contributed by atoms with van der Waals surface area (Å²) in [6.07, 6.45) is 7.79. The fourth-order valence-corrected chi connectivity index (χ4v) is 3.47. The fraction of sp³-hybridized carbons (Fsp3) is 0.600. The number of carbonyl (C=O) groups excluding carboxylic acids is 2. The van der Waals surface area contributed by atoms with Crippen molar-refractivity contribution in [2.45, 2.75) is 85.4 Å². The van der Waals surface area contributed by atoms with Crippen LogP contribution in [-0.2, 0) is 14.3 Å². The molecule has 174 valence electrons. The van der Waals surface area contributed by atoms with Gasteiger partial charge in [0.05, 0.1) is 24.2 Å². The number of aliphatic hydroxyl groups excluding tert-OH is 2. The van der Waals surface area contributed by atoms with E-state index in [1.807, 2.05) is 19.9 Å². The van der Waals surface area contributed by atoms with Crippen molar-refractivity contribution in [2.24, 2.45) is 5.41 Å². The first-order valence-electron chi connectivity index (χ1n) is 10.7. The van der Waals surface area contributed by atoms with E-state index in [0.717, 1.165) is 36.5 Å². The topological polar surface area (TPSA) is 104 Å². The number of carbonyl (C=O) groups is 2. The molecule has 2 atom stereocenters. The number of esters is 1. The maximum absolute atomic E-state index is 12.6. The molecule has 0 heterocycles. The van der Waals surface area contributed by atoms with Crippen LogP contribution in [0.5, 0.6) is 0 Å². The molecule has 6 nitrogen and oxygen atoms in total. The molecular formula is C25H38O6. The minimum Gasteiger partial charge on any atom is -0.507 e. The molecule has 1 aliphatic carbocycles. The van der Waals surface area contributed by atoms with Gasteiger partial charge in [0, 0.05) is 6.08 Å². The normalized spacial score (nSPS) is 21.8. The summed E-state index contributed by atoms with van der Waals surface area (Å²) in [7, 11) is 1.24. The molecule has 0 aliphatic heterocycles. The lowest BCUT2D eigenvalue weighted by molar-refractivity contribution is -0.136. The van der Waals surface area contributed by atoms with E-state index < -0.39 is 23.1 Å². The fourth-order valence-electron chi connectivity index (χ4n) is 3.47. The van der Waals surface area contributed by atoms with Gasteiger partial charge in [0.15, 0.2) is 5.78 Å². The lowest BCUT2D eigenvalue weighted by atomic mass is 9.70. The van der Waals surface area contributed by atoms with Crippen molar-refractivity contribution >= 4 is 11.8 Å². The average molecular weight is 435 g/mol. The Labute approximate surface area is 186 Å². The number of aliphatic hydroxyl groups is 3. The van der Waals surface area contributed by atoms with Crippen molar-refractivity contribution in [3.63, 3.8) is 0 Å². The minimum absolute atomic E-state index is 0.0578. The third kappa shape index (κ3) is 7.18. The molecule has 0 bridgehead atoms. The first-order chi connectivity index (χ1) is 14.2. The highest BCUT2D eigenvalue weighted by Crippen LogP contribution is 2.40. The predicted octanol–water partition coefficient (Wildman–Crippen LogP) is 4.48. The lowest BCUT2D eigenvalue weighted by Crippen LogP contribution is -2.35. The quantitative estimate of drug-likeness (QED) is 0.346. The van der Waals surface area contributed by atoms with Gasteiger partial charge in [-0.2, -0.15) is 0 Å². The molecule has 1 unspecified atom stereocenters. The minimum atomic E-state index is -1.10. The number of allylic oxidation sites excluding steroid dienone is 6. The van der Waals surface area contributed by atoms with Gasteiger partial charge in [0.1, 0.15) is 11.3 Å². The van der Waals surface area contributed by atoms with E-state index in [2.05, 4.69) is 6.08 Å². The molecule has 0 saturated carbocycles. The van der Waals surface area contributed by atoms with Crippen LogP contribution >= 0.6 is 0 Å². The maximum atomic E-state index is 12.6. The molecular weight excluding hydrogens is 396 g/mol. The molecule has 0 aromatic heterocycles. The Balaban J connectivity index is 2.75. The van der Waals surface area contributed by atoms with Gasteiger partial charge in [-0.3, -0.25) is 4.79 Å². The van der Waals surface area contributed by atoms with E-state index in [4.69, 9.17) is 4.74 Å². The molecule has 0 radical (unpaired) electrons. The van der Waals surface area contributed by atoms with Gasteiger partial charge in [0.25, 0.3) is 0 Å². The monoisotopic (exact) mass is 434 g/mol. The van der Waals surface area contributed by atoms with Crippen LogP contribution < -0.4 is 0 Å². The second kappa shape index (κ2) is 10.9. The van der Waals surface area contributed by atoms with E-state index in [9.17, 15) is 24.9 Å². The first kappa shape index (κ1) is 26.9. The third-order valence-corrected chi connectivity index (χ3v) is 6.18. The zero-order valence-electron chi connectivity index (χ0n) is 19.9. The van der Waals surface area contributed by atoms with E-state index >= 15 is 0 Å². The Morgan fingerprint density at radius 1 is 1.23 bits per heavy atom. The van der Waals surface area contributed by atoms with Crippen LogP contribution in [0.15, 0.2) is 46.3 Å². The first-order valence-corrected chi connectivity index (χ1v) is 10.7.